The average molecular weight is 566 g/mol. The predicted octanol–water partition coefficient (Wildman–Crippen LogP) is 6.62. The molecule has 2 atom stereocenters. The van der Waals surface area contributed by atoms with Crippen molar-refractivity contribution in [2.45, 2.75) is 45.8 Å². The van der Waals surface area contributed by atoms with E-state index in [1.165, 1.54) is 4.90 Å². The van der Waals surface area contributed by atoms with E-state index in [1.54, 1.807) is 25.1 Å². The van der Waals surface area contributed by atoms with Crippen LogP contribution in [0.1, 0.15) is 32.8 Å². The van der Waals surface area contributed by atoms with Crippen molar-refractivity contribution >= 4 is 61.7 Å². The molecule has 3 aromatic rings. The van der Waals surface area contributed by atoms with E-state index >= 15 is 0 Å². The molecule has 0 fully saturated rings. The fourth-order valence-corrected chi connectivity index (χ4v) is 4.36. The monoisotopic (exact) mass is 564 g/mol. The van der Waals surface area contributed by atoms with Gasteiger partial charge in [-0.15, -0.1) is 0 Å². The molecule has 0 saturated heterocycles. The highest BCUT2D eigenvalue weighted by Gasteiger charge is 2.27. The third kappa shape index (κ3) is 6.44. The molecule has 0 spiro atoms. The zero-order valence-electron chi connectivity index (χ0n) is 19.3. The Morgan fingerprint density at radius 3 is 2.50 bits per heavy atom. The lowest BCUT2D eigenvalue weighted by Gasteiger charge is -2.29. The molecular formula is C26H27BrCl2N2O3. The second-order valence-corrected chi connectivity index (χ2v) is 9.76. The van der Waals surface area contributed by atoms with E-state index in [-0.39, 0.29) is 31.0 Å². The molecule has 0 aliphatic rings. The molecule has 3 aromatic carbocycles. The van der Waals surface area contributed by atoms with Crippen LogP contribution in [0.3, 0.4) is 0 Å². The van der Waals surface area contributed by atoms with Crippen molar-refractivity contribution < 1.29 is 14.3 Å². The summed E-state index contributed by atoms with van der Waals surface area (Å²) in [6.45, 7) is 5.59. The van der Waals surface area contributed by atoms with Crippen LogP contribution < -0.4 is 10.1 Å². The van der Waals surface area contributed by atoms with Crippen LogP contribution in [0.5, 0.6) is 5.75 Å². The molecule has 0 bridgehead atoms. The zero-order chi connectivity index (χ0) is 24.8. The molecule has 2 amide bonds. The summed E-state index contributed by atoms with van der Waals surface area (Å²) in [5, 5.41) is 5.81. The van der Waals surface area contributed by atoms with Gasteiger partial charge >= 0.3 is 0 Å². The number of carbonyl (C=O) groups excluding carboxylic acids is 2. The molecule has 34 heavy (non-hydrogen) atoms. The first-order chi connectivity index (χ1) is 16.2. The van der Waals surface area contributed by atoms with E-state index < -0.39 is 6.04 Å². The second kappa shape index (κ2) is 11.9. The Labute approximate surface area is 218 Å². The van der Waals surface area contributed by atoms with Crippen LogP contribution in [0.4, 0.5) is 0 Å². The smallest absolute Gasteiger partial charge is 0.261 e. The van der Waals surface area contributed by atoms with Crippen LogP contribution in [-0.2, 0) is 16.1 Å². The van der Waals surface area contributed by atoms with Gasteiger partial charge in [0.25, 0.3) is 5.91 Å². The first-order valence-electron chi connectivity index (χ1n) is 11.0. The lowest BCUT2D eigenvalue weighted by Crippen LogP contribution is -2.50. The Morgan fingerprint density at radius 1 is 1.06 bits per heavy atom. The highest BCUT2D eigenvalue weighted by Crippen LogP contribution is 2.33. The second-order valence-electron chi connectivity index (χ2n) is 8.15. The SMILES string of the molecule is CC[C@@H](C)NC(=O)[C@@H](C)N(Cc1ccc(Cl)c(Cl)c1)C(=O)COc1ccc2ccccc2c1Br. The van der Waals surface area contributed by atoms with Crippen molar-refractivity contribution in [3.05, 3.63) is 74.7 Å². The topological polar surface area (TPSA) is 58.6 Å². The molecule has 0 aliphatic carbocycles. The minimum absolute atomic E-state index is 0.00156. The molecule has 0 radical (unpaired) electrons. The van der Waals surface area contributed by atoms with Crippen molar-refractivity contribution in [3.63, 3.8) is 0 Å². The van der Waals surface area contributed by atoms with E-state index in [0.717, 1.165) is 27.2 Å². The van der Waals surface area contributed by atoms with E-state index in [2.05, 4.69) is 21.2 Å². The summed E-state index contributed by atoms with van der Waals surface area (Å²) < 4.78 is 6.66. The Morgan fingerprint density at radius 2 is 1.79 bits per heavy atom. The van der Waals surface area contributed by atoms with Gasteiger partial charge < -0.3 is 15.0 Å². The van der Waals surface area contributed by atoms with Crippen molar-refractivity contribution in [1.29, 1.82) is 0 Å². The van der Waals surface area contributed by atoms with Crippen LogP contribution >= 0.6 is 39.1 Å². The van der Waals surface area contributed by atoms with Gasteiger partial charge in [0.15, 0.2) is 6.61 Å². The lowest BCUT2D eigenvalue weighted by atomic mass is 10.1. The minimum atomic E-state index is -0.709. The first-order valence-corrected chi connectivity index (χ1v) is 12.6. The third-order valence-electron chi connectivity index (χ3n) is 5.68. The number of nitrogens with one attached hydrogen (secondary N) is 1. The molecule has 3 rings (SSSR count). The summed E-state index contributed by atoms with van der Waals surface area (Å²) in [6, 6.07) is 16.1. The van der Waals surface area contributed by atoms with Crippen molar-refractivity contribution in [2.75, 3.05) is 6.61 Å². The van der Waals surface area contributed by atoms with Crippen LogP contribution in [0, 0.1) is 0 Å². The number of benzene rings is 3. The number of rotatable bonds is 9. The summed E-state index contributed by atoms with van der Waals surface area (Å²) in [7, 11) is 0. The van der Waals surface area contributed by atoms with Crippen LogP contribution in [-0.4, -0.2) is 35.4 Å². The summed E-state index contributed by atoms with van der Waals surface area (Å²) in [4.78, 5) is 27.6. The largest absolute Gasteiger partial charge is 0.483 e. The Balaban J connectivity index is 1.81. The van der Waals surface area contributed by atoms with Gasteiger partial charge in [-0.05, 0) is 70.7 Å². The first kappa shape index (κ1) is 26.3. The maximum Gasteiger partial charge on any atom is 0.261 e. The molecular weight excluding hydrogens is 539 g/mol. The number of carbonyl (C=O) groups is 2. The maximum atomic E-state index is 13.3. The summed E-state index contributed by atoms with van der Waals surface area (Å²) >= 11 is 15.8. The lowest BCUT2D eigenvalue weighted by molar-refractivity contribution is -0.142. The molecule has 0 aliphatic heterocycles. The normalized spacial score (nSPS) is 12.8. The maximum absolute atomic E-state index is 13.3. The van der Waals surface area contributed by atoms with E-state index in [4.69, 9.17) is 27.9 Å². The summed E-state index contributed by atoms with van der Waals surface area (Å²) in [5.41, 5.74) is 0.762. The summed E-state index contributed by atoms with van der Waals surface area (Å²) in [6.07, 6.45) is 0.790. The summed E-state index contributed by atoms with van der Waals surface area (Å²) in [5.74, 6) is 0.00539. The van der Waals surface area contributed by atoms with Gasteiger partial charge in [-0.2, -0.15) is 0 Å². The van der Waals surface area contributed by atoms with Crippen molar-refractivity contribution in [1.82, 2.24) is 10.2 Å². The van der Waals surface area contributed by atoms with Gasteiger partial charge in [0.1, 0.15) is 11.8 Å². The third-order valence-corrected chi connectivity index (χ3v) is 7.24. The van der Waals surface area contributed by atoms with Crippen molar-refractivity contribution in [2.24, 2.45) is 0 Å². The van der Waals surface area contributed by atoms with Gasteiger partial charge in [-0.1, -0.05) is 66.5 Å². The zero-order valence-corrected chi connectivity index (χ0v) is 22.4. The van der Waals surface area contributed by atoms with Gasteiger partial charge in [0.2, 0.25) is 5.91 Å². The predicted molar refractivity (Wildman–Crippen MR) is 142 cm³/mol. The molecule has 8 heteroatoms. The standard InChI is InChI=1S/C26H27BrCl2N2O3/c1-4-16(2)30-26(33)17(3)31(14-18-9-11-21(28)22(29)13-18)24(32)15-34-23-12-10-19-7-5-6-8-20(19)25(23)27/h5-13,16-17H,4,14-15H2,1-3H3,(H,30,33)/t16-,17-/m1/s1. The van der Waals surface area contributed by atoms with E-state index in [9.17, 15) is 9.59 Å². The molecule has 5 nitrogen and oxygen atoms in total. The van der Waals surface area contributed by atoms with Gasteiger partial charge in [0.05, 0.1) is 14.5 Å². The number of ether oxygens (including phenoxy) is 1. The van der Waals surface area contributed by atoms with Gasteiger partial charge in [-0.25, -0.2) is 0 Å². The Hall–Kier alpha value is -2.28. The molecule has 1 N–H and O–H groups in total. The van der Waals surface area contributed by atoms with E-state index in [0.29, 0.717) is 15.8 Å². The van der Waals surface area contributed by atoms with Crippen LogP contribution in [0.15, 0.2) is 59.1 Å². The van der Waals surface area contributed by atoms with Gasteiger partial charge in [0, 0.05) is 12.6 Å². The van der Waals surface area contributed by atoms with E-state index in [1.807, 2.05) is 50.2 Å². The number of hydrogen-bond acceptors (Lipinski definition) is 3. The number of hydrogen-bond donors (Lipinski definition) is 1. The molecule has 0 saturated carbocycles. The molecule has 0 unspecified atom stereocenters. The Kier molecular flexibility index (Phi) is 9.23. The van der Waals surface area contributed by atoms with Crippen molar-refractivity contribution in [3.8, 4) is 5.75 Å². The minimum Gasteiger partial charge on any atom is -0.483 e. The quantitative estimate of drug-likeness (QED) is 0.317. The highest BCUT2D eigenvalue weighted by atomic mass is 79.9. The number of nitrogens with zero attached hydrogens (tertiary/aromatic N) is 1. The number of amides is 2. The number of fused-ring (bicyclic) bond motifs is 1. The number of halogens is 3. The molecule has 180 valence electrons. The highest BCUT2D eigenvalue weighted by molar-refractivity contribution is 9.10. The molecule has 0 aromatic heterocycles. The average Bonchev–Trinajstić information content (AvgIpc) is 2.83. The fourth-order valence-electron chi connectivity index (χ4n) is 3.43. The van der Waals surface area contributed by atoms with Crippen LogP contribution in [0.25, 0.3) is 10.8 Å². The van der Waals surface area contributed by atoms with Crippen LogP contribution in [0.2, 0.25) is 10.0 Å². The fraction of sp³-hybridized carbons (Fsp3) is 0.308. The van der Waals surface area contributed by atoms with Gasteiger partial charge in [-0.3, -0.25) is 9.59 Å². The Bertz CT molecular complexity index is 1190. The molecule has 0 heterocycles.